The summed E-state index contributed by atoms with van der Waals surface area (Å²) in [5.74, 6) is 0.576. The largest absolute Gasteiger partial charge is 0.460 e. The Kier molecular flexibility index (Phi) is 8.63. The number of hydrogen-bond acceptors (Lipinski definition) is 10. The lowest BCUT2D eigenvalue weighted by atomic mass is 9.79. The zero-order valence-corrected chi connectivity index (χ0v) is 23.6. The molecule has 1 aromatic rings. The van der Waals surface area contributed by atoms with Crippen LogP contribution in [0.15, 0.2) is 0 Å². The molecule has 0 bridgehead atoms. The molecule has 210 valence electrons. The summed E-state index contributed by atoms with van der Waals surface area (Å²) in [6.07, 6.45) is 1.91. The van der Waals surface area contributed by atoms with Crippen molar-refractivity contribution in [3.05, 3.63) is 0 Å². The molecule has 0 aromatic carbocycles. The fourth-order valence-electron chi connectivity index (χ4n) is 6.11. The topological polar surface area (TPSA) is 150 Å². The third-order valence-electron chi connectivity index (χ3n) is 7.38. The fraction of sp³-hybridized carbons (Fsp3) is 0.880. The van der Waals surface area contributed by atoms with Crippen LogP contribution in [0.3, 0.4) is 0 Å². The van der Waals surface area contributed by atoms with Gasteiger partial charge in [0.2, 0.25) is 11.9 Å². The minimum Gasteiger partial charge on any atom is -0.460 e. The van der Waals surface area contributed by atoms with E-state index in [1.165, 1.54) is 5.06 Å². The molecule has 2 aliphatic heterocycles. The lowest BCUT2D eigenvalue weighted by Crippen LogP contribution is -2.60. The summed E-state index contributed by atoms with van der Waals surface area (Å²) in [6.45, 7) is 15.5. The highest BCUT2D eigenvalue weighted by Crippen LogP contribution is 2.39. The molecule has 3 N–H and O–H groups in total. The number of hydrogen-bond donors (Lipinski definition) is 3. The second-order valence-electron chi connectivity index (χ2n) is 12.9. The monoisotopic (exact) mass is 523 g/mol. The summed E-state index contributed by atoms with van der Waals surface area (Å²) >= 11 is 0. The number of hydroxylamine groups is 4. The molecule has 2 radical (unpaired) electrons. The Labute approximate surface area is 220 Å². The highest BCUT2D eigenvalue weighted by molar-refractivity contribution is 5.39. The van der Waals surface area contributed by atoms with Crippen LogP contribution in [0.4, 0.5) is 11.9 Å². The molecule has 2 aliphatic rings. The first-order valence-corrected chi connectivity index (χ1v) is 13.1. The van der Waals surface area contributed by atoms with E-state index in [9.17, 15) is 20.6 Å². The molecule has 3 rings (SSSR count). The van der Waals surface area contributed by atoms with Gasteiger partial charge in [0.15, 0.2) is 0 Å². The van der Waals surface area contributed by atoms with Crippen LogP contribution >= 0.6 is 0 Å². The second-order valence-corrected chi connectivity index (χ2v) is 12.9. The minimum atomic E-state index is -0.618. The molecule has 1 aromatic heterocycles. The molecule has 2 saturated heterocycles. The van der Waals surface area contributed by atoms with Crippen molar-refractivity contribution in [1.29, 1.82) is 0 Å². The van der Waals surface area contributed by atoms with Gasteiger partial charge in [0.05, 0.1) is 13.2 Å². The zero-order chi connectivity index (χ0) is 27.8. The molecule has 12 heteroatoms. The van der Waals surface area contributed by atoms with Crippen molar-refractivity contribution in [3.63, 3.8) is 0 Å². The van der Waals surface area contributed by atoms with Crippen LogP contribution in [0.25, 0.3) is 0 Å². The van der Waals surface area contributed by atoms with E-state index in [4.69, 9.17) is 4.74 Å². The van der Waals surface area contributed by atoms with Gasteiger partial charge in [-0.2, -0.15) is 15.0 Å². The van der Waals surface area contributed by atoms with Crippen LogP contribution < -0.4 is 15.0 Å². The van der Waals surface area contributed by atoms with Crippen LogP contribution in [0, 0.1) is 0 Å². The normalized spacial score (nSPS) is 24.1. The van der Waals surface area contributed by atoms with E-state index in [0.717, 1.165) is 5.06 Å². The van der Waals surface area contributed by atoms with Crippen molar-refractivity contribution in [3.8, 4) is 6.01 Å². The molecule has 0 atom stereocenters. The van der Waals surface area contributed by atoms with E-state index in [0.29, 0.717) is 31.6 Å². The number of rotatable bonds is 9. The highest BCUT2D eigenvalue weighted by Gasteiger charge is 2.48. The second kappa shape index (κ2) is 10.7. The van der Waals surface area contributed by atoms with Crippen molar-refractivity contribution in [2.45, 2.75) is 115 Å². The first-order chi connectivity index (χ1) is 17.0. The Bertz CT molecular complexity index is 822. The number of nitrogens with zero attached hydrogens (tertiary/aromatic N) is 6. The third-order valence-corrected chi connectivity index (χ3v) is 7.38. The summed E-state index contributed by atoms with van der Waals surface area (Å²) < 4.78 is 6.27. The number of aliphatic hydroxyl groups excluding tert-OH is 2. The highest BCUT2D eigenvalue weighted by atomic mass is 16.5. The third kappa shape index (κ3) is 6.79. The Hall–Kier alpha value is -1.83. The van der Waals surface area contributed by atoms with Gasteiger partial charge in [0.1, 0.15) is 6.10 Å². The van der Waals surface area contributed by atoms with Gasteiger partial charge in [-0.15, -0.1) is 20.5 Å². The van der Waals surface area contributed by atoms with E-state index in [-0.39, 0.29) is 50.4 Å². The first-order valence-electron chi connectivity index (χ1n) is 13.1. The number of aliphatic hydroxyl groups is 2. The number of nitrogens with one attached hydrogen (secondary N) is 1. The lowest BCUT2D eigenvalue weighted by Gasteiger charge is -2.50. The average Bonchev–Trinajstić information content (AvgIpc) is 2.74. The van der Waals surface area contributed by atoms with E-state index < -0.39 is 22.2 Å². The van der Waals surface area contributed by atoms with Crippen LogP contribution in [0.5, 0.6) is 6.01 Å². The van der Waals surface area contributed by atoms with Crippen molar-refractivity contribution in [2.75, 3.05) is 36.5 Å². The summed E-state index contributed by atoms with van der Waals surface area (Å²) in [6, 6.07) is 0.0492. The molecule has 3 heterocycles. The molecular formula is C25H45N7O5. The van der Waals surface area contributed by atoms with Crippen LogP contribution in [0.2, 0.25) is 0 Å². The van der Waals surface area contributed by atoms with Crippen LogP contribution in [0.1, 0.15) is 81.1 Å². The van der Waals surface area contributed by atoms with E-state index >= 15 is 0 Å². The summed E-state index contributed by atoms with van der Waals surface area (Å²) in [5, 5.41) is 50.4. The van der Waals surface area contributed by atoms with Gasteiger partial charge in [0.25, 0.3) is 0 Å². The smallest absolute Gasteiger partial charge is 0.323 e. The maximum absolute atomic E-state index is 12.8. The minimum absolute atomic E-state index is 0.0657. The van der Waals surface area contributed by atoms with Gasteiger partial charge in [-0.3, -0.25) is 0 Å². The van der Waals surface area contributed by atoms with Gasteiger partial charge < -0.3 is 25.2 Å². The van der Waals surface area contributed by atoms with E-state index in [1.54, 1.807) is 4.90 Å². The van der Waals surface area contributed by atoms with Gasteiger partial charge in [-0.05, 0) is 68.2 Å². The standard InChI is InChI=1S/C25H45N7O5/c1-22(2)13-17(14-23(3,4)31(22)35)26-19-27-20(30(9-11-33)10-12-34)29-21(28-19)37-18-15-24(5,6)32(36)25(7,8)16-18/h17-18,33-34H,9-16H2,1-8H3,(H,26,27,28,29). The predicted molar refractivity (Wildman–Crippen MR) is 138 cm³/mol. The molecule has 0 amide bonds. The van der Waals surface area contributed by atoms with Crippen molar-refractivity contribution in [1.82, 2.24) is 25.1 Å². The van der Waals surface area contributed by atoms with E-state index in [2.05, 4.69) is 20.3 Å². The predicted octanol–water partition coefficient (Wildman–Crippen LogP) is 2.19. The van der Waals surface area contributed by atoms with Gasteiger partial charge >= 0.3 is 6.01 Å². The Morgan fingerprint density at radius 2 is 1.27 bits per heavy atom. The number of ether oxygens (including phenoxy) is 1. The Morgan fingerprint density at radius 1 is 0.811 bits per heavy atom. The number of anilines is 2. The molecule has 37 heavy (non-hydrogen) atoms. The molecule has 0 spiro atoms. The molecule has 0 unspecified atom stereocenters. The molecule has 0 aliphatic carbocycles. The summed E-state index contributed by atoms with van der Waals surface area (Å²) in [7, 11) is 0. The molecule has 0 saturated carbocycles. The van der Waals surface area contributed by atoms with Crippen molar-refractivity contribution in [2.24, 2.45) is 0 Å². The lowest BCUT2D eigenvalue weighted by molar-refractivity contribution is -0.297. The first kappa shape index (κ1) is 29.7. The summed E-state index contributed by atoms with van der Waals surface area (Å²) in [4.78, 5) is 15.3. The van der Waals surface area contributed by atoms with Crippen molar-refractivity contribution < 1.29 is 25.4 Å². The maximum Gasteiger partial charge on any atom is 0.323 e. The van der Waals surface area contributed by atoms with Gasteiger partial charge in [0, 0.05) is 54.1 Å². The Morgan fingerprint density at radius 3 is 1.73 bits per heavy atom. The fourth-order valence-corrected chi connectivity index (χ4v) is 6.11. The maximum atomic E-state index is 12.8. The molecule has 12 nitrogen and oxygen atoms in total. The number of aromatic nitrogens is 3. The Balaban J connectivity index is 1.92. The van der Waals surface area contributed by atoms with Gasteiger partial charge in [-0.1, -0.05) is 0 Å². The average molecular weight is 524 g/mol. The van der Waals surface area contributed by atoms with Crippen LogP contribution in [-0.2, 0) is 10.4 Å². The molecular weight excluding hydrogens is 478 g/mol. The van der Waals surface area contributed by atoms with Gasteiger partial charge in [-0.25, -0.2) is 0 Å². The quantitative estimate of drug-likeness (QED) is 0.439. The SMILES string of the molecule is CC1(C)CC(Nc2nc(OC3CC(C)(C)N([O])C(C)(C)C3)nc(N(CCO)CCO)n2)CC(C)(C)N1[O]. The number of piperidine rings is 2. The van der Waals surface area contributed by atoms with Crippen molar-refractivity contribution >= 4 is 11.9 Å². The molecule has 2 fully saturated rings. The summed E-state index contributed by atoms with van der Waals surface area (Å²) in [5.41, 5.74) is -2.38. The van der Waals surface area contributed by atoms with Crippen LogP contribution in [-0.4, -0.2) is 95.9 Å². The van der Waals surface area contributed by atoms with E-state index in [1.807, 2.05) is 55.4 Å². The zero-order valence-electron chi connectivity index (χ0n) is 23.6.